The SMILES string of the molecule is CC[C@@H](C)NC(=O)[C@H](Cc1ccccc1)N(Cc1ccc(F)cc1)C(=O)CN(c1cc(C(F)(F)F)ccc1Cl)S(C)(=O)=O. The molecular weight excluding hydrogens is 610 g/mol. The fourth-order valence-electron chi connectivity index (χ4n) is 4.26. The van der Waals surface area contributed by atoms with Crippen molar-refractivity contribution in [2.75, 3.05) is 17.1 Å². The van der Waals surface area contributed by atoms with Crippen molar-refractivity contribution in [1.82, 2.24) is 10.2 Å². The molecule has 0 aliphatic rings. The third-order valence-corrected chi connectivity index (χ3v) is 8.21. The summed E-state index contributed by atoms with van der Waals surface area (Å²) in [4.78, 5) is 28.8. The molecule has 3 rings (SSSR count). The van der Waals surface area contributed by atoms with Crippen molar-refractivity contribution in [1.29, 1.82) is 0 Å². The van der Waals surface area contributed by atoms with Gasteiger partial charge >= 0.3 is 6.18 Å². The standard InChI is InChI=1S/C30H32ClF4N3O4S/c1-4-20(2)36-29(40)27(16-21-8-6-5-7-9-21)37(18-22-10-13-24(32)14-11-22)28(39)19-38(43(3,41)42)26-17-23(30(33,34)35)12-15-25(26)31/h5-15,17,20,27H,4,16,18-19H2,1-3H3,(H,36,40)/t20-,27+/m1/s1. The summed E-state index contributed by atoms with van der Waals surface area (Å²) >= 11 is 6.15. The van der Waals surface area contributed by atoms with E-state index in [1.165, 1.54) is 24.3 Å². The molecule has 43 heavy (non-hydrogen) atoms. The number of hydrogen-bond acceptors (Lipinski definition) is 4. The summed E-state index contributed by atoms with van der Waals surface area (Å²) in [5.41, 5.74) is -0.569. The summed E-state index contributed by atoms with van der Waals surface area (Å²) in [5.74, 6) is -1.93. The minimum Gasteiger partial charge on any atom is -0.352 e. The lowest BCUT2D eigenvalue weighted by Gasteiger charge is -2.34. The molecule has 0 aromatic heterocycles. The Morgan fingerprint density at radius 3 is 2.16 bits per heavy atom. The maximum absolute atomic E-state index is 14.0. The summed E-state index contributed by atoms with van der Waals surface area (Å²) in [6, 6.07) is 14.7. The summed E-state index contributed by atoms with van der Waals surface area (Å²) in [6.07, 6.45) is -3.45. The highest BCUT2D eigenvalue weighted by molar-refractivity contribution is 7.92. The molecule has 3 aromatic carbocycles. The number of benzene rings is 3. The van der Waals surface area contributed by atoms with E-state index in [0.29, 0.717) is 34.0 Å². The van der Waals surface area contributed by atoms with Crippen LogP contribution in [0.15, 0.2) is 72.8 Å². The molecule has 3 aromatic rings. The molecule has 0 saturated heterocycles. The maximum Gasteiger partial charge on any atom is 0.416 e. The minimum atomic E-state index is -4.81. The number of alkyl halides is 3. The average molecular weight is 642 g/mol. The van der Waals surface area contributed by atoms with Crippen LogP contribution in [-0.2, 0) is 38.8 Å². The Labute approximate surface area is 253 Å². The Balaban J connectivity index is 2.11. The lowest BCUT2D eigenvalue weighted by Crippen LogP contribution is -2.54. The quantitative estimate of drug-likeness (QED) is 0.253. The van der Waals surface area contributed by atoms with Crippen LogP contribution < -0.4 is 9.62 Å². The summed E-state index contributed by atoms with van der Waals surface area (Å²) < 4.78 is 80.4. The molecule has 0 fully saturated rings. The summed E-state index contributed by atoms with van der Waals surface area (Å²) in [5, 5.41) is 2.53. The first-order valence-electron chi connectivity index (χ1n) is 13.3. The number of anilines is 1. The third-order valence-electron chi connectivity index (χ3n) is 6.76. The molecule has 0 heterocycles. The fraction of sp³-hybridized carbons (Fsp3) is 0.333. The van der Waals surface area contributed by atoms with Crippen LogP contribution in [0.2, 0.25) is 5.02 Å². The van der Waals surface area contributed by atoms with Crippen molar-refractivity contribution >= 4 is 39.1 Å². The van der Waals surface area contributed by atoms with Gasteiger partial charge in [0.1, 0.15) is 18.4 Å². The molecule has 0 aliphatic carbocycles. The van der Waals surface area contributed by atoms with Gasteiger partial charge in [-0.15, -0.1) is 0 Å². The van der Waals surface area contributed by atoms with Gasteiger partial charge < -0.3 is 10.2 Å². The van der Waals surface area contributed by atoms with Gasteiger partial charge in [0, 0.05) is 19.0 Å². The smallest absolute Gasteiger partial charge is 0.352 e. The van der Waals surface area contributed by atoms with Crippen molar-refractivity contribution in [2.45, 2.75) is 51.5 Å². The van der Waals surface area contributed by atoms with Gasteiger partial charge in [0.2, 0.25) is 21.8 Å². The molecule has 2 amide bonds. The van der Waals surface area contributed by atoms with Crippen LogP contribution in [0.1, 0.15) is 37.0 Å². The van der Waals surface area contributed by atoms with Crippen LogP contribution in [-0.4, -0.2) is 50.0 Å². The Kier molecular flexibility index (Phi) is 11.2. The topological polar surface area (TPSA) is 86.8 Å². The number of halogens is 5. The maximum atomic E-state index is 14.0. The van der Waals surface area contributed by atoms with E-state index in [2.05, 4.69) is 5.32 Å². The van der Waals surface area contributed by atoms with E-state index < -0.39 is 57.7 Å². The van der Waals surface area contributed by atoms with Crippen molar-refractivity contribution in [3.05, 3.63) is 100 Å². The van der Waals surface area contributed by atoms with Gasteiger partial charge in [-0.25, -0.2) is 12.8 Å². The molecule has 7 nitrogen and oxygen atoms in total. The monoisotopic (exact) mass is 641 g/mol. The highest BCUT2D eigenvalue weighted by atomic mass is 35.5. The molecule has 2 atom stereocenters. The normalized spacial score (nSPS) is 13.2. The van der Waals surface area contributed by atoms with Crippen LogP contribution in [0.25, 0.3) is 0 Å². The van der Waals surface area contributed by atoms with Gasteiger partial charge in [0.15, 0.2) is 0 Å². The number of rotatable bonds is 12. The van der Waals surface area contributed by atoms with Crippen molar-refractivity contribution in [2.24, 2.45) is 0 Å². The number of amides is 2. The van der Waals surface area contributed by atoms with Crippen LogP contribution in [0.4, 0.5) is 23.2 Å². The molecule has 0 aliphatic heterocycles. The zero-order valence-corrected chi connectivity index (χ0v) is 25.3. The molecular formula is C30H32ClF4N3O4S. The third kappa shape index (κ3) is 9.42. The van der Waals surface area contributed by atoms with Gasteiger partial charge in [-0.1, -0.05) is 61.0 Å². The molecule has 0 spiro atoms. The fourth-order valence-corrected chi connectivity index (χ4v) is 5.38. The Morgan fingerprint density at radius 1 is 0.977 bits per heavy atom. The molecule has 0 unspecified atom stereocenters. The first-order chi connectivity index (χ1) is 20.1. The number of carbonyl (C=O) groups excluding carboxylic acids is 2. The van der Waals surface area contributed by atoms with E-state index in [0.717, 1.165) is 17.2 Å². The van der Waals surface area contributed by atoms with Gasteiger partial charge in [0.05, 0.1) is 22.5 Å². The lowest BCUT2D eigenvalue weighted by atomic mass is 10.0. The molecule has 0 radical (unpaired) electrons. The molecule has 0 bridgehead atoms. The van der Waals surface area contributed by atoms with Crippen LogP contribution >= 0.6 is 11.6 Å². The number of carbonyl (C=O) groups is 2. The van der Waals surface area contributed by atoms with Crippen molar-refractivity contribution < 1.29 is 35.6 Å². The number of sulfonamides is 1. The van der Waals surface area contributed by atoms with E-state index in [9.17, 15) is 35.6 Å². The largest absolute Gasteiger partial charge is 0.416 e. The number of nitrogens with one attached hydrogen (secondary N) is 1. The van der Waals surface area contributed by atoms with E-state index in [1.54, 1.807) is 37.3 Å². The van der Waals surface area contributed by atoms with Crippen LogP contribution in [0, 0.1) is 5.82 Å². The summed E-state index contributed by atoms with van der Waals surface area (Å²) in [6.45, 7) is 2.47. The second-order valence-electron chi connectivity index (χ2n) is 10.1. The van der Waals surface area contributed by atoms with Gasteiger partial charge in [-0.2, -0.15) is 13.2 Å². The highest BCUT2D eigenvalue weighted by Crippen LogP contribution is 2.36. The van der Waals surface area contributed by atoms with Crippen LogP contribution in [0.3, 0.4) is 0 Å². The lowest BCUT2D eigenvalue weighted by molar-refractivity contribution is -0.140. The van der Waals surface area contributed by atoms with E-state index in [-0.39, 0.29) is 24.0 Å². The molecule has 1 N–H and O–H groups in total. The van der Waals surface area contributed by atoms with E-state index >= 15 is 0 Å². The highest BCUT2D eigenvalue weighted by Gasteiger charge is 2.36. The number of nitrogens with zero attached hydrogens (tertiary/aromatic N) is 2. The van der Waals surface area contributed by atoms with Crippen molar-refractivity contribution in [3.63, 3.8) is 0 Å². The number of hydrogen-bond donors (Lipinski definition) is 1. The average Bonchev–Trinajstić information content (AvgIpc) is 2.94. The predicted molar refractivity (Wildman–Crippen MR) is 157 cm³/mol. The Bertz CT molecular complexity index is 1520. The van der Waals surface area contributed by atoms with Crippen LogP contribution in [0.5, 0.6) is 0 Å². The zero-order chi connectivity index (χ0) is 31.9. The molecule has 13 heteroatoms. The molecule has 0 saturated carbocycles. The van der Waals surface area contributed by atoms with E-state index in [1.807, 2.05) is 6.92 Å². The predicted octanol–water partition coefficient (Wildman–Crippen LogP) is 5.82. The Hall–Kier alpha value is -3.64. The molecule has 232 valence electrons. The second-order valence-corrected chi connectivity index (χ2v) is 12.4. The summed E-state index contributed by atoms with van der Waals surface area (Å²) in [7, 11) is -4.35. The Morgan fingerprint density at radius 2 is 1.60 bits per heavy atom. The van der Waals surface area contributed by atoms with Crippen molar-refractivity contribution in [3.8, 4) is 0 Å². The van der Waals surface area contributed by atoms with Gasteiger partial charge in [-0.3, -0.25) is 13.9 Å². The zero-order valence-electron chi connectivity index (χ0n) is 23.7. The second kappa shape index (κ2) is 14.2. The van der Waals surface area contributed by atoms with E-state index in [4.69, 9.17) is 11.6 Å². The first kappa shape index (κ1) is 33.9. The minimum absolute atomic E-state index is 0.0409. The van der Waals surface area contributed by atoms with Gasteiger partial charge in [-0.05, 0) is 54.8 Å². The van der Waals surface area contributed by atoms with Gasteiger partial charge in [0.25, 0.3) is 0 Å². The first-order valence-corrected chi connectivity index (χ1v) is 15.6.